The molecule has 2 heterocycles. The van der Waals surface area contributed by atoms with Crippen LogP contribution >= 0.6 is 0 Å². The van der Waals surface area contributed by atoms with Gasteiger partial charge in [-0.15, -0.1) is 0 Å². The van der Waals surface area contributed by atoms with Crippen molar-refractivity contribution in [2.75, 3.05) is 11.9 Å². The number of ether oxygens (including phenoxy) is 2. The van der Waals surface area contributed by atoms with Gasteiger partial charge in [0.15, 0.2) is 0 Å². The lowest BCUT2D eigenvalue weighted by atomic mass is 10.2. The highest BCUT2D eigenvalue weighted by Crippen LogP contribution is 2.27. The number of aromatic nitrogens is 2. The van der Waals surface area contributed by atoms with Crippen LogP contribution in [0.1, 0.15) is 136 Å². The molecular weight excluding hydrogens is 711 g/mol. The van der Waals surface area contributed by atoms with Gasteiger partial charge in [-0.3, -0.25) is 14.2 Å². The second-order valence-corrected chi connectivity index (χ2v) is 13.7. The first-order chi connectivity index (χ1) is 28.0. The van der Waals surface area contributed by atoms with Gasteiger partial charge in [0.25, 0.3) is 0 Å². The van der Waals surface area contributed by atoms with Crippen molar-refractivity contribution in [3.63, 3.8) is 0 Å². The number of nitrogens with zero attached hydrogens (tertiary/aromatic N) is 2. The molecule has 1 saturated heterocycles. The molecule has 2 unspecified atom stereocenters. The number of allylic oxidation sites excluding steroid dienone is 20. The molecule has 0 radical (unpaired) electrons. The molecule has 310 valence electrons. The lowest BCUT2D eigenvalue weighted by molar-refractivity contribution is -0.148. The van der Waals surface area contributed by atoms with E-state index in [1.165, 1.54) is 4.57 Å². The number of hydrogen-bond acceptors (Lipinski definition) is 6. The third-order valence-electron chi connectivity index (χ3n) is 8.76. The van der Waals surface area contributed by atoms with E-state index in [2.05, 4.69) is 146 Å². The van der Waals surface area contributed by atoms with Crippen LogP contribution in [0.25, 0.3) is 0 Å². The molecule has 1 aliphatic heterocycles. The molecule has 8 nitrogen and oxygen atoms in total. The lowest BCUT2D eigenvalue weighted by Crippen LogP contribution is -2.29. The second kappa shape index (κ2) is 34.4. The SMILES string of the molecule is CCC=CCC=CCC=CCC=CCC=CCCCC(=O)Nc1ccn(C2CCC(COC(=O)CCCC=CCC=CCC=CCC=CCC=CCC)O2)c(=O)n1. The highest BCUT2D eigenvalue weighted by Gasteiger charge is 2.28. The number of rotatable bonds is 30. The topological polar surface area (TPSA) is 99.5 Å². The normalized spacial score (nSPS) is 16.7. The lowest BCUT2D eigenvalue weighted by Gasteiger charge is -2.16. The van der Waals surface area contributed by atoms with Crippen LogP contribution in [-0.2, 0) is 19.1 Å². The summed E-state index contributed by atoms with van der Waals surface area (Å²) in [4.78, 5) is 41.5. The fraction of sp³-hybridized carbons (Fsp3) is 0.469. The molecule has 1 aliphatic rings. The van der Waals surface area contributed by atoms with Crippen LogP contribution in [0.5, 0.6) is 0 Å². The van der Waals surface area contributed by atoms with Crippen molar-refractivity contribution in [2.24, 2.45) is 0 Å². The molecule has 2 atom stereocenters. The molecule has 0 aromatic carbocycles. The van der Waals surface area contributed by atoms with Gasteiger partial charge >= 0.3 is 11.7 Å². The zero-order valence-electron chi connectivity index (χ0n) is 34.7. The van der Waals surface area contributed by atoms with Gasteiger partial charge in [-0.1, -0.05) is 135 Å². The number of nitrogens with one attached hydrogen (secondary N) is 1. The Morgan fingerprint density at radius 2 is 1.11 bits per heavy atom. The number of amides is 1. The summed E-state index contributed by atoms with van der Waals surface area (Å²) in [6.45, 7) is 4.45. The van der Waals surface area contributed by atoms with E-state index < -0.39 is 11.9 Å². The molecule has 0 bridgehead atoms. The Morgan fingerprint density at radius 1 is 0.667 bits per heavy atom. The average Bonchev–Trinajstić information content (AvgIpc) is 3.68. The molecule has 1 aromatic heterocycles. The maximum Gasteiger partial charge on any atom is 0.351 e. The number of carbonyl (C=O) groups is 2. The van der Waals surface area contributed by atoms with Crippen molar-refractivity contribution in [1.82, 2.24) is 9.55 Å². The third kappa shape index (κ3) is 26.6. The molecule has 1 N–H and O–H groups in total. The summed E-state index contributed by atoms with van der Waals surface area (Å²) in [6.07, 6.45) is 58.9. The van der Waals surface area contributed by atoms with Crippen LogP contribution in [0.15, 0.2) is 139 Å². The molecule has 57 heavy (non-hydrogen) atoms. The van der Waals surface area contributed by atoms with Crippen molar-refractivity contribution >= 4 is 17.7 Å². The van der Waals surface area contributed by atoms with Crippen molar-refractivity contribution < 1.29 is 19.1 Å². The van der Waals surface area contributed by atoms with Gasteiger partial charge in [-0.2, -0.15) is 4.98 Å². The highest BCUT2D eigenvalue weighted by atomic mass is 16.6. The number of unbranched alkanes of at least 4 members (excludes halogenated alkanes) is 2. The minimum atomic E-state index is -0.496. The van der Waals surface area contributed by atoms with Crippen LogP contribution in [0.3, 0.4) is 0 Å². The van der Waals surface area contributed by atoms with E-state index in [1.807, 2.05) is 0 Å². The smallest absolute Gasteiger partial charge is 0.351 e. The zero-order valence-corrected chi connectivity index (χ0v) is 34.7. The van der Waals surface area contributed by atoms with E-state index in [0.29, 0.717) is 32.1 Å². The van der Waals surface area contributed by atoms with Crippen LogP contribution in [0.2, 0.25) is 0 Å². The Labute approximate surface area is 343 Å². The summed E-state index contributed by atoms with van der Waals surface area (Å²) in [5.74, 6) is -0.195. The fourth-order valence-corrected chi connectivity index (χ4v) is 5.66. The predicted molar refractivity (Wildman–Crippen MR) is 238 cm³/mol. The van der Waals surface area contributed by atoms with E-state index in [-0.39, 0.29) is 30.4 Å². The number of hydrogen-bond donors (Lipinski definition) is 1. The Hall–Kier alpha value is -4.82. The van der Waals surface area contributed by atoms with E-state index in [4.69, 9.17) is 9.47 Å². The number of carbonyl (C=O) groups excluding carboxylic acids is 2. The minimum Gasteiger partial charge on any atom is -0.463 e. The van der Waals surface area contributed by atoms with Crippen molar-refractivity contribution in [3.8, 4) is 0 Å². The summed E-state index contributed by atoms with van der Waals surface area (Å²) < 4.78 is 12.9. The first kappa shape index (κ1) is 48.3. The van der Waals surface area contributed by atoms with Gasteiger partial charge in [-0.25, -0.2) is 4.79 Å². The Balaban J connectivity index is 1.52. The number of anilines is 1. The Bertz CT molecular complexity index is 1600. The van der Waals surface area contributed by atoms with E-state index in [9.17, 15) is 14.4 Å². The molecule has 0 spiro atoms. The molecule has 1 amide bonds. The quantitative estimate of drug-likeness (QED) is 0.0474. The molecule has 8 heteroatoms. The van der Waals surface area contributed by atoms with Gasteiger partial charge in [0, 0.05) is 19.0 Å². The monoisotopic (exact) mass is 780 g/mol. The summed E-state index contributed by atoms with van der Waals surface area (Å²) >= 11 is 0. The minimum absolute atomic E-state index is 0.160. The van der Waals surface area contributed by atoms with E-state index in [0.717, 1.165) is 83.5 Å². The molecular formula is C49H69N3O5. The summed E-state index contributed by atoms with van der Waals surface area (Å²) in [5, 5.41) is 2.72. The highest BCUT2D eigenvalue weighted by molar-refractivity contribution is 5.89. The molecule has 0 saturated carbocycles. The van der Waals surface area contributed by atoms with Crippen LogP contribution in [-0.4, -0.2) is 34.1 Å². The van der Waals surface area contributed by atoms with Crippen molar-refractivity contribution in [1.29, 1.82) is 0 Å². The maximum atomic E-state index is 12.7. The molecule has 0 aliphatic carbocycles. The largest absolute Gasteiger partial charge is 0.463 e. The number of esters is 1. The fourth-order valence-electron chi connectivity index (χ4n) is 5.66. The summed E-state index contributed by atoms with van der Waals surface area (Å²) in [5.41, 5.74) is -0.496. The predicted octanol–water partition coefficient (Wildman–Crippen LogP) is 12.2. The van der Waals surface area contributed by atoms with Crippen molar-refractivity contribution in [2.45, 2.75) is 142 Å². The second-order valence-electron chi connectivity index (χ2n) is 13.7. The van der Waals surface area contributed by atoms with Crippen LogP contribution in [0.4, 0.5) is 5.82 Å². The van der Waals surface area contributed by atoms with Gasteiger partial charge in [0.1, 0.15) is 18.7 Å². The van der Waals surface area contributed by atoms with Gasteiger partial charge in [0.2, 0.25) is 5.91 Å². The molecule has 1 aromatic rings. The van der Waals surface area contributed by atoms with Gasteiger partial charge in [0.05, 0.1) is 6.10 Å². The first-order valence-corrected chi connectivity index (χ1v) is 21.2. The van der Waals surface area contributed by atoms with Crippen LogP contribution in [0, 0.1) is 0 Å². The van der Waals surface area contributed by atoms with Crippen LogP contribution < -0.4 is 11.0 Å². The Kier molecular flexibility index (Phi) is 29.2. The Morgan fingerprint density at radius 3 is 1.56 bits per heavy atom. The summed E-state index contributed by atoms with van der Waals surface area (Å²) in [6, 6.07) is 1.61. The van der Waals surface area contributed by atoms with E-state index >= 15 is 0 Å². The van der Waals surface area contributed by atoms with Gasteiger partial charge < -0.3 is 14.8 Å². The zero-order chi connectivity index (χ0) is 40.9. The first-order valence-electron chi connectivity index (χ1n) is 21.2. The van der Waals surface area contributed by atoms with Crippen molar-refractivity contribution in [3.05, 3.63) is 144 Å². The third-order valence-corrected chi connectivity index (χ3v) is 8.76. The van der Waals surface area contributed by atoms with Gasteiger partial charge in [-0.05, 0) is 109 Å². The summed E-state index contributed by atoms with van der Waals surface area (Å²) in [7, 11) is 0. The van der Waals surface area contributed by atoms with E-state index in [1.54, 1.807) is 12.3 Å². The standard InChI is InChI=1S/C49H69N3O5/c1-3-5-7-9-11-13-15-17-19-21-23-25-27-29-31-33-35-37-46(53)50-45-41-42-52(49(55)51-45)47-40-39-44(57-47)43-56-48(54)38-36-34-32-30-28-26-24-22-20-18-16-14-12-10-8-6-4-2/h5-8,11-14,17-20,23-26,29-32,41-42,44,47H,3-4,9-10,15-16,21-22,27-28,33-40,43H2,1-2H3,(H,50,51,53,55). The molecule has 2 rings (SSSR count). The molecule has 1 fully saturated rings. The average molecular weight is 780 g/mol. The maximum absolute atomic E-state index is 12.7.